The largest absolute Gasteiger partial charge is 0.418 e. The summed E-state index contributed by atoms with van der Waals surface area (Å²) in [5, 5.41) is 10.9. The van der Waals surface area contributed by atoms with Crippen LogP contribution in [0.2, 0.25) is 0 Å². The Bertz CT molecular complexity index is 934. The number of halogens is 4. The van der Waals surface area contributed by atoms with Gasteiger partial charge in [0.05, 0.1) is 29.4 Å². The van der Waals surface area contributed by atoms with Gasteiger partial charge in [-0.25, -0.2) is 4.98 Å². The van der Waals surface area contributed by atoms with Crippen LogP contribution in [0, 0.1) is 18.3 Å². The fourth-order valence-corrected chi connectivity index (χ4v) is 3.63. The Hall–Kier alpha value is -1.85. The number of nitrogens with zero attached hydrogens (tertiary/aromatic N) is 3. The number of thiazole rings is 1. The third-order valence-electron chi connectivity index (χ3n) is 3.54. The molecule has 0 saturated heterocycles. The van der Waals surface area contributed by atoms with Gasteiger partial charge in [0.25, 0.3) is 0 Å². The molecule has 23 heavy (non-hydrogen) atoms. The van der Waals surface area contributed by atoms with E-state index in [1.54, 1.807) is 23.6 Å². The average Bonchev–Trinajstić information content (AvgIpc) is 3.01. The van der Waals surface area contributed by atoms with Gasteiger partial charge in [0.1, 0.15) is 0 Å². The summed E-state index contributed by atoms with van der Waals surface area (Å²) in [6, 6.07) is 5.88. The Labute approximate surface area is 142 Å². The van der Waals surface area contributed by atoms with Crippen molar-refractivity contribution < 1.29 is 13.2 Å². The molecule has 0 unspecified atom stereocenters. The van der Waals surface area contributed by atoms with Crippen LogP contribution in [0.1, 0.15) is 22.5 Å². The summed E-state index contributed by atoms with van der Waals surface area (Å²) in [7, 11) is 0. The highest BCUT2D eigenvalue weighted by Crippen LogP contribution is 2.38. The lowest BCUT2D eigenvalue weighted by atomic mass is 10.0. The number of fused-ring (bicyclic) bond motifs is 1. The van der Waals surface area contributed by atoms with Gasteiger partial charge in [-0.2, -0.15) is 18.4 Å². The van der Waals surface area contributed by atoms with Crippen molar-refractivity contribution in [2.24, 2.45) is 0 Å². The molecule has 0 bridgehead atoms. The zero-order valence-corrected chi connectivity index (χ0v) is 14.2. The number of rotatable bonds is 2. The Kier molecular flexibility index (Phi) is 3.94. The molecule has 0 aliphatic heterocycles. The van der Waals surface area contributed by atoms with E-state index in [0.29, 0.717) is 17.8 Å². The second-order valence-electron chi connectivity index (χ2n) is 4.99. The van der Waals surface area contributed by atoms with Crippen molar-refractivity contribution in [3.05, 3.63) is 50.0 Å². The lowest BCUT2D eigenvalue weighted by molar-refractivity contribution is -0.136. The zero-order valence-electron chi connectivity index (χ0n) is 11.8. The summed E-state index contributed by atoms with van der Waals surface area (Å²) in [6.07, 6.45) is -4.58. The molecule has 3 rings (SSSR count). The number of aryl methyl sites for hydroxylation is 1. The summed E-state index contributed by atoms with van der Waals surface area (Å²) in [5.41, 5.74) is 0.653. The highest BCUT2D eigenvalue weighted by atomic mass is 79.9. The summed E-state index contributed by atoms with van der Waals surface area (Å²) in [4.78, 5) is 4.28. The Morgan fingerprint density at radius 2 is 2.13 bits per heavy atom. The van der Waals surface area contributed by atoms with Crippen LogP contribution in [-0.2, 0) is 12.7 Å². The topological polar surface area (TPSA) is 41.6 Å². The molecule has 2 aromatic heterocycles. The first-order valence-electron chi connectivity index (χ1n) is 6.51. The molecule has 3 nitrogen and oxygen atoms in total. The normalized spacial score (nSPS) is 11.8. The molecule has 0 saturated carbocycles. The van der Waals surface area contributed by atoms with Crippen LogP contribution in [0.15, 0.2) is 27.5 Å². The maximum absolute atomic E-state index is 13.4. The molecule has 0 radical (unpaired) electrons. The molecule has 0 fully saturated rings. The minimum atomic E-state index is -4.58. The number of nitriles is 1. The minimum absolute atomic E-state index is 0.0448. The van der Waals surface area contributed by atoms with E-state index in [1.807, 2.05) is 5.38 Å². The molecule has 2 heterocycles. The SMILES string of the molecule is Cc1cc2c(C(F)(F)F)c(C#N)ccc2n1Cc1csc(Br)n1. The summed E-state index contributed by atoms with van der Waals surface area (Å²) >= 11 is 4.69. The number of benzene rings is 1. The van der Waals surface area contributed by atoms with E-state index in [4.69, 9.17) is 5.26 Å². The van der Waals surface area contributed by atoms with E-state index in [1.165, 1.54) is 23.5 Å². The van der Waals surface area contributed by atoms with Crippen LogP contribution >= 0.6 is 27.3 Å². The minimum Gasteiger partial charge on any atom is -0.339 e. The zero-order chi connectivity index (χ0) is 16.8. The van der Waals surface area contributed by atoms with Crippen LogP contribution in [0.4, 0.5) is 13.2 Å². The predicted octanol–water partition coefficient (Wildman–Crippen LogP) is 5.11. The standard InChI is InChI=1S/C15H9BrF3N3S/c1-8-4-11-12(22(8)6-10-7-23-14(16)21-10)3-2-9(5-20)13(11)15(17,18)19/h2-4,7H,6H2,1H3. The van der Waals surface area contributed by atoms with Gasteiger partial charge in [-0.3, -0.25) is 0 Å². The monoisotopic (exact) mass is 399 g/mol. The lowest BCUT2D eigenvalue weighted by Crippen LogP contribution is -2.09. The van der Waals surface area contributed by atoms with E-state index in [9.17, 15) is 13.2 Å². The van der Waals surface area contributed by atoms with Crippen molar-refractivity contribution in [3.8, 4) is 6.07 Å². The highest BCUT2D eigenvalue weighted by Gasteiger charge is 2.36. The molecule has 1 aromatic carbocycles. The predicted molar refractivity (Wildman–Crippen MR) is 85.3 cm³/mol. The molecular weight excluding hydrogens is 391 g/mol. The van der Waals surface area contributed by atoms with Gasteiger partial charge in [-0.1, -0.05) is 0 Å². The van der Waals surface area contributed by atoms with E-state index in [0.717, 1.165) is 9.61 Å². The van der Waals surface area contributed by atoms with Gasteiger partial charge in [0, 0.05) is 22.0 Å². The van der Waals surface area contributed by atoms with Gasteiger partial charge < -0.3 is 4.57 Å². The number of hydrogen-bond donors (Lipinski definition) is 0. The van der Waals surface area contributed by atoms with Crippen LogP contribution in [-0.4, -0.2) is 9.55 Å². The van der Waals surface area contributed by atoms with Crippen LogP contribution < -0.4 is 0 Å². The molecule has 0 aliphatic carbocycles. The maximum atomic E-state index is 13.4. The van der Waals surface area contributed by atoms with Crippen LogP contribution in [0.3, 0.4) is 0 Å². The fourth-order valence-electron chi connectivity index (χ4n) is 2.59. The Balaban J connectivity index is 2.22. The smallest absolute Gasteiger partial charge is 0.339 e. The second-order valence-corrected chi connectivity index (χ2v) is 7.13. The number of alkyl halides is 3. The van der Waals surface area contributed by atoms with E-state index in [-0.39, 0.29) is 10.9 Å². The highest BCUT2D eigenvalue weighted by molar-refractivity contribution is 9.11. The van der Waals surface area contributed by atoms with Crippen molar-refractivity contribution in [2.75, 3.05) is 0 Å². The third-order valence-corrected chi connectivity index (χ3v) is 4.95. The molecule has 118 valence electrons. The molecule has 8 heteroatoms. The van der Waals surface area contributed by atoms with Gasteiger partial charge in [-0.05, 0) is 41.1 Å². The van der Waals surface area contributed by atoms with Crippen molar-refractivity contribution in [3.63, 3.8) is 0 Å². The first kappa shape index (κ1) is 16.0. The summed E-state index contributed by atoms with van der Waals surface area (Å²) in [6.45, 7) is 2.12. The molecule has 3 aromatic rings. The molecule has 0 N–H and O–H groups in total. The molecule has 0 atom stereocenters. The fraction of sp³-hybridized carbons (Fsp3) is 0.200. The quantitative estimate of drug-likeness (QED) is 0.600. The van der Waals surface area contributed by atoms with Crippen molar-refractivity contribution >= 4 is 38.2 Å². The number of aromatic nitrogens is 2. The van der Waals surface area contributed by atoms with Crippen LogP contribution in [0.25, 0.3) is 10.9 Å². The van der Waals surface area contributed by atoms with E-state index in [2.05, 4.69) is 20.9 Å². The first-order valence-corrected chi connectivity index (χ1v) is 8.18. The maximum Gasteiger partial charge on any atom is 0.418 e. The molecule has 0 amide bonds. The second kappa shape index (κ2) is 5.65. The van der Waals surface area contributed by atoms with Gasteiger partial charge in [0.2, 0.25) is 0 Å². The van der Waals surface area contributed by atoms with Crippen molar-refractivity contribution in [1.29, 1.82) is 5.26 Å². The molecular formula is C15H9BrF3N3S. The van der Waals surface area contributed by atoms with Gasteiger partial charge >= 0.3 is 6.18 Å². The molecule has 0 spiro atoms. The Morgan fingerprint density at radius 1 is 1.39 bits per heavy atom. The van der Waals surface area contributed by atoms with Crippen molar-refractivity contribution in [1.82, 2.24) is 9.55 Å². The lowest BCUT2D eigenvalue weighted by Gasteiger charge is -2.11. The van der Waals surface area contributed by atoms with E-state index >= 15 is 0 Å². The summed E-state index contributed by atoms with van der Waals surface area (Å²) in [5.74, 6) is 0. The van der Waals surface area contributed by atoms with Crippen molar-refractivity contribution in [2.45, 2.75) is 19.6 Å². The molecule has 0 aliphatic rings. The summed E-state index contributed by atoms with van der Waals surface area (Å²) < 4.78 is 42.6. The number of hydrogen-bond acceptors (Lipinski definition) is 3. The van der Waals surface area contributed by atoms with E-state index < -0.39 is 11.7 Å². The Morgan fingerprint density at radius 3 is 2.70 bits per heavy atom. The third kappa shape index (κ3) is 2.86. The average molecular weight is 400 g/mol. The van der Waals surface area contributed by atoms with Crippen LogP contribution in [0.5, 0.6) is 0 Å². The first-order chi connectivity index (χ1) is 10.8. The van der Waals surface area contributed by atoms with Gasteiger partial charge in [-0.15, -0.1) is 11.3 Å². The van der Waals surface area contributed by atoms with Gasteiger partial charge in [0.15, 0.2) is 3.92 Å².